The summed E-state index contributed by atoms with van der Waals surface area (Å²) in [5.41, 5.74) is 0. The first-order valence-corrected chi connectivity index (χ1v) is 8.03. The molecule has 1 saturated heterocycles. The van der Waals surface area contributed by atoms with Crippen molar-refractivity contribution in [1.82, 2.24) is 9.21 Å². The van der Waals surface area contributed by atoms with Gasteiger partial charge in [-0.3, -0.25) is 4.79 Å². The number of morpholine rings is 1. The molecule has 1 aliphatic heterocycles. The minimum absolute atomic E-state index is 0.364. The Balaban J connectivity index is 2.11. The lowest BCUT2D eigenvalue weighted by Crippen LogP contribution is -2.46. The van der Waals surface area contributed by atoms with Crippen molar-refractivity contribution in [1.29, 1.82) is 0 Å². The van der Waals surface area contributed by atoms with Gasteiger partial charge in [0.25, 0.3) is 0 Å². The molecule has 0 spiro atoms. The topological polar surface area (TPSA) is 66.9 Å². The maximum atomic E-state index is 13.2. The second-order valence-corrected chi connectivity index (χ2v) is 6.88. The van der Waals surface area contributed by atoms with Gasteiger partial charge in [0.1, 0.15) is 0 Å². The van der Waals surface area contributed by atoms with E-state index >= 15 is 0 Å². The molecule has 0 unspecified atom stereocenters. The van der Waals surface area contributed by atoms with E-state index in [4.69, 9.17) is 4.74 Å². The zero-order valence-electron chi connectivity index (χ0n) is 12.0. The first-order chi connectivity index (χ1) is 10.3. The molecule has 0 radical (unpaired) electrons. The van der Waals surface area contributed by atoms with Gasteiger partial charge in [-0.25, -0.2) is 17.2 Å². The monoisotopic (exact) mass is 334 g/mol. The van der Waals surface area contributed by atoms with Gasteiger partial charge in [-0.05, 0) is 18.2 Å². The van der Waals surface area contributed by atoms with Crippen LogP contribution in [0, 0.1) is 11.6 Å². The van der Waals surface area contributed by atoms with E-state index in [1.807, 2.05) is 0 Å². The molecule has 122 valence electrons. The largest absolute Gasteiger partial charge is 0.378 e. The van der Waals surface area contributed by atoms with Crippen LogP contribution >= 0.6 is 0 Å². The maximum Gasteiger partial charge on any atom is 0.243 e. The number of rotatable bonds is 4. The lowest BCUT2D eigenvalue weighted by Gasteiger charge is -2.28. The molecule has 1 amide bonds. The van der Waals surface area contributed by atoms with Crippen LogP contribution in [0.1, 0.15) is 0 Å². The summed E-state index contributed by atoms with van der Waals surface area (Å²) in [6, 6.07) is 2.30. The number of amides is 1. The second-order valence-electron chi connectivity index (χ2n) is 4.83. The van der Waals surface area contributed by atoms with Gasteiger partial charge in [0.05, 0.1) is 24.7 Å². The number of halogens is 2. The average molecular weight is 334 g/mol. The molecule has 1 aliphatic rings. The van der Waals surface area contributed by atoms with Crippen LogP contribution in [0.4, 0.5) is 8.78 Å². The fraction of sp³-hybridized carbons (Fsp3) is 0.462. The van der Waals surface area contributed by atoms with Gasteiger partial charge in [0.15, 0.2) is 11.6 Å². The van der Waals surface area contributed by atoms with E-state index in [0.29, 0.717) is 32.4 Å². The summed E-state index contributed by atoms with van der Waals surface area (Å²) in [7, 11) is -2.85. The third-order valence-corrected chi connectivity index (χ3v) is 5.12. The highest BCUT2D eigenvalue weighted by Crippen LogP contribution is 2.17. The average Bonchev–Trinajstić information content (AvgIpc) is 2.50. The summed E-state index contributed by atoms with van der Waals surface area (Å²) >= 11 is 0. The van der Waals surface area contributed by atoms with E-state index in [1.54, 1.807) is 0 Å². The summed E-state index contributed by atoms with van der Waals surface area (Å²) in [6.07, 6.45) is 0. The van der Waals surface area contributed by atoms with Crippen LogP contribution in [0.3, 0.4) is 0 Å². The van der Waals surface area contributed by atoms with Crippen molar-refractivity contribution in [3.8, 4) is 0 Å². The van der Waals surface area contributed by atoms with E-state index in [-0.39, 0.29) is 12.5 Å². The van der Waals surface area contributed by atoms with E-state index in [0.717, 1.165) is 16.4 Å². The Morgan fingerprint density at radius 2 is 1.91 bits per heavy atom. The predicted molar refractivity (Wildman–Crippen MR) is 73.6 cm³/mol. The van der Waals surface area contributed by atoms with Crippen LogP contribution < -0.4 is 0 Å². The first kappa shape index (κ1) is 16.8. The normalized spacial score (nSPS) is 16.1. The molecule has 22 heavy (non-hydrogen) atoms. The van der Waals surface area contributed by atoms with Gasteiger partial charge in [-0.15, -0.1) is 0 Å². The lowest BCUT2D eigenvalue weighted by atomic mass is 10.3. The molecule has 0 aliphatic carbocycles. The van der Waals surface area contributed by atoms with Crippen LogP contribution in [0.25, 0.3) is 0 Å². The van der Waals surface area contributed by atoms with E-state index in [2.05, 4.69) is 0 Å². The lowest BCUT2D eigenvalue weighted by molar-refractivity contribution is -0.135. The number of benzene rings is 1. The van der Waals surface area contributed by atoms with Crippen LogP contribution in [0.15, 0.2) is 23.1 Å². The highest BCUT2D eigenvalue weighted by atomic mass is 32.2. The van der Waals surface area contributed by atoms with Gasteiger partial charge in [-0.2, -0.15) is 4.31 Å². The van der Waals surface area contributed by atoms with Crippen molar-refractivity contribution in [2.24, 2.45) is 0 Å². The summed E-state index contributed by atoms with van der Waals surface area (Å²) in [5.74, 6) is -2.75. The highest BCUT2D eigenvalue weighted by molar-refractivity contribution is 7.89. The first-order valence-electron chi connectivity index (χ1n) is 6.59. The number of nitrogens with zero attached hydrogens (tertiary/aromatic N) is 2. The number of hydrogen-bond donors (Lipinski definition) is 0. The SMILES string of the molecule is CN(CC(=O)N1CCOCC1)S(=O)(=O)c1ccc(F)c(F)c1. The quantitative estimate of drug-likeness (QED) is 0.802. The van der Waals surface area contributed by atoms with Crippen molar-refractivity contribution in [3.63, 3.8) is 0 Å². The molecule has 0 N–H and O–H groups in total. The highest BCUT2D eigenvalue weighted by Gasteiger charge is 2.26. The van der Waals surface area contributed by atoms with Gasteiger partial charge >= 0.3 is 0 Å². The van der Waals surface area contributed by atoms with E-state index in [1.165, 1.54) is 11.9 Å². The summed E-state index contributed by atoms with van der Waals surface area (Å²) in [6.45, 7) is 1.24. The summed E-state index contributed by atoms with van der Waals surface area (Å²) < 4.78 is 56.5. The Bertz CT molecular complexity index is 660. The zero-order valence-corrected chi connectivity index (χ0v) is 12.8. The standard InChI is InChI=1S/C13H16F2N2O4S/c1-16(9-13(18)17-4-6-21-7-5-17)22(19,20)10-2-3-11(14)12(15)8-10/h2-3,8H,4-7,9H2,1H3. The Hall–Kier alpha value is -1.58. The Labute approximate surface area is 127 Å². The third-order valence-electron chi connectivity index (χ3n) is 3.32. The van der Waals surface area contributed by atoms with Crippen molar-refractivity contribution in [2.75, 3.05) is 39.9 Å². The molecule has 0 atom stereocenters. The minimum Gasteiger partial charge on any atom is -0.378 e. The Morgan fingerprint density at radius 3 is 2.50 bits per heavy atom. The van der Waals surface area contributed by atoms with E-state index < -0.39 is 26.6 Å². The Morgan fingerprint density at radius 1 is 1.27 bits per heavy atom. The van der Waals surface area contributed by atoms with Gasteiger partial charge in [0, 0.05) is 20.1 Å². The van der Waals surface area contributed by atoms with Gasteiger partial charge in [0.2, 0.25) is 15.9 Å². The zero-order chi connectivity index (χ0) is 16.3. The molecule has 1 fully saturated rings. The number of carbonyl (C=O) groups excluding carboxylic acids is 1. The molecular formula is C13H16F2N2O4S. The molecule has 6 nitrogen and oxygen atoms in total. The number of ether oxygens (including phenoxy) is 1. The predicted octanol–water partition coefficient (Wildman–Crippen LogP) is 0.444. The van der Waals surface area contributed by atoms with Crippen molar-refractivity contribution >= 4 is 15.9 Å². The second kappa shape index (κ2) is 6.67. The minimum atomic E-state index is -4.06. The van der Waals surface area contributed by atoms with Crippen molar-refractivity contribution in [3.05, 3.63) is 29.8 Å². The number of carbonyl (C=O) groups is 1. The van der Waals surface area contributed by atoms with Crippen LogP contribution in [0.5, 0.6) is 0 Å². The van der Waals surface area contributed by atoms with Crippen LogP contribution in [-0.2, 0) is 19.6 Å². The number of hydrogen-bond acceptors (Lipinski definition) is 4. The van der Waals surface area contributed by atoms with Gasteiger partial charge < -0.3 is 9.64 Å². The fourth-order valence-electron chi connectivity index (χ4n) is 2.01. The van der Waals surface area contributed by atoms with Crippen LogP contribution in [-0.4, -0.2) is 63.4 Å². The molecule has 1 heterocycles. The molecule has 2 rings (SSSR count). The number of sulfonamides is 1. The van der Waals surface area contributed by atoms with Crippen LogP contribution in [0.2, 0.25) is 0 Å². The smallest absolute Gasteiger partial charge is 0.243 e. The molecule has 0 aromatic heterocycles. The molecule has 0 bridgehead atoms. The van der Waals surface area contributed by atoms with Crippen molar-refractivity contribution < 1.29 is 26.7 Å². The van der Waals surface area contributed by atoms with E-state index in [9.17, 15) is 22.0 Å². The third kappa shape index (κ3) is 3.60. The molecule has 1 aromatic rings. The maximum absolute atomic E-state index is 13.2. The molecule has 0 saturated carbocycles. The Kier molecular flexibility index (Phi) is 5.09. The van der Waals surface area contributed by atoms with Crippen molar-refractivity contribution in [2.45, 2.75) is 4.90 Å². The molecule has 1 aromatic carbocycles. The van der Waals surface area contributed by atoms with Gasteiger partial charge in [-0.1, -0.05) is 0 Å². The summed E-state index contributed by atoms with van der Waals surface area (Å²) in [4.78, 5) is 13.1. The number of likely N-dealkylation sites (N-methyl/N-ethyl adjacent to an activating group) is 1. The fourth-order valence-corrected chi connectivity index (χ4v) is 3.14. The molecule has 9 heteroatoms. The molecular weight excluding hydrogens is 318 g/mol. The summed E-state index contributed by atoms with van der Waals surface area (Å²) in [5, 5.41) is 0.